The van der Waals surface area contributed by atoms with Crippen LogP contribution in [0.4, 0.5) is 5.69 Å². The SMILES string of the molecule is COC(=O)C1C=CC=C(c2ccc3cccc(N)c3c2)N1. The molecule has 0 bridgehead atoms. The van der Waals surface area contributed by atoms with Crippen molar-refractivity contribution in [2.24, 2.45) is 0 Å². The van der Waals surface area contributed by atoms with Gasteiger partial charge in [-0.25, -0.2) is 4.79 Å². The summed E-state index contributed by atoms with van der Waals surface area (Å²) in [5.41, 5.74) is 8.62. The van der Waals surface area contributed by atoms with E-state index in [2.05, 4.69) is 5.32 Å². The molecule has 0 radical (unpaired) electrons. The second-order valence-electron chi connectivity index (χ2n) is 4.89. The molecule has 106 valence electrons. The Hall–Kier alpha value is -2.75. The van der Waals surface area contributed by atoms with Crippen LogP contribution in [0.5, 0.6) is 0 Å². The fraction of sp³-hybridized carbons (Fsp3) is 0.118. The van der Waals surface area contributed by atoms with E-state index in [0.29, 0.717) is 0 Å². The van der Waals surface area contributed by atoms with Crippen LogP contribution in [0, 0.1) is 0 Å². The number of hydrogen-bond acceptors (Lipinski definition) is 4. The molecule has 1 aliphatic heterocycles. The lowest BCUT2D eigenvalue weighted by molar-refractivity contribution is -0.141. The zero-order valence-corrected chi connectivity index (χ0v) is 11.7. The molecule has 0 saturated heterocycles. The smallest absolute Gasteiger partial charge is 0.332 e. The summed E-state index contributed by atoms with van der Waals surface area (Å²) >= 11 is 0. The summed E-state index contributed by atoms with van der Waals surface area (Å²) in [7, 11) is 1.38. The molecule has 4 heteroatoms. The third-order valence-corrected chi connectivity index (χ3v) is 3.56. The zero-order chi connectivity index (χ0) is 14.8. The number of nitrogens with one attached hydrogen (secondary N) is 1. The van der Waals surface area contributed by atoms with E-state index in [0.717, 1.165) is 27.7 Å². The number of anilines is 1. The van der Waals surface area contributed by atoms with Gasteiger partial charge in [0.2, 0.25) is 0 Å². The largest absolute Gasteiger partial charge is 0.467 e. The van der Waals surface area contributed by atoms with Gasteiger partial charge in [-0.1, -0.05) is 36.4 Å². The van der Waals surface area contributed by atoms with E-state index in [-0.39, 0.29) is 5.97 Å². The molecule has 1 heterocycles. The molecule has 4 nitrogen and oxygen atoms in total. The lowest BCUT2D eigenvalue weighted by atomic mass is 10.0. The Morgan fingerprint density at radius 2 is 2.14 bits per heavy atom. The van der Waals surface area contributed by atoms with Gasteiger partial charge in [-0.05, 0) is 29.2 Å². The molecule has 0 spiro atoms. The van der Waals surface area contributed by atoms with Gasteiger partial charge >= 0.3 is 5.97 Å². The highest BCUT2D eigenvalue weighted by Crippen LogP contribution is 2.25. The highest BCUT2D eigenvalue weighted by Gasteiger charge is 2.19. The van der Waals surface area contributed by atoms with Crippen LogP contribution < -0.4 is 11.1 Å². The van der Waals surface area contributed by atoms with Crippen molar-refractivity contribution in [3.05, 3.63) is 60.2 Å². The first-order valence-corrected chi connectivity index (χ1v) is 6.70. The third-order valence-electron chi connectivity index (χ3n) is 3.56. The number of nitrogens with two attached hydrogens (primary N) is 1. The van der Waals surface area contributed by atoms with Crippen LogP contribution in [-0.2, 0) is 9.53 Å². The summed E-state index contributed by atoms with van der Waals surface area (Å²) in [6.07, 6.45) is 5.55. The van der Waals surface area contributed by atoms with Gasteiger partial charge in [0.1, 0.15) is 6.04 Å². The lowest BCUT2D eigenvalue weighted by Gasteiger charge is -2.20. The zero-order valence-electron chi connectivity index (χ0n) is 11.7. The summed E-state index contributed by atoms with van der Waals surface area (Å²) in [6.45, 7) is 0. The molecule has 0 saturated carbocycles. The van der Waals surface area contributed by atoms with Crippen molar-refractivity contribution in [3.8, 4) is 0 Å². The maximum Gasteiger partial charge on any atom is 0.332 e. The van der Waals surface area contributed by atoms with Gasteiger partial charge in [-0.15, -0.1) is 0 Å². The molecule has 0 amide bonds. The Morgan fingerprint density at radius 1 is 1.29 bits per heavy atom. The minimum atomic E-state index is -0.459. The first kappa shape index (κ1) is 13.2. The fourth-order valence-corrected chi connectivity index (χ4v) is 2.44. The molecule has 0 aliphatic carbocycles. The highest BCUT2D eigenvalue weighted by atomic mass is 16.5. The number of carbonyl (C=O) groups is 1. The Morgan fingerprint density at radius 3 is 2.95 bits per heavy atom. The molecule has 3 rings (SSSR count). The predicted molar refractivity (Wildman–Crippen MR) is 84.4 cm³/mol. The number of benzene rings is 2. The van der Waals surface area contributed by atoms with E-state index in [9.17, 15) is 4.79 Å². The monoisotopic (exact) mass is 280 g/mol. The topological polar surface area (TPSA) is 64.3 Å². The van der Waals surface area contributed by atoms with Crippen LogP contribution in [0.1, 0.15) is 5.56 Å². The van der Waals surface area contributed by atoms with Crippen molar-refractivity contribution in [2.75, 3.05) is 12.8 Å². The van der Waals surface area contributed by atoms with Crippen LogP contribution in [0.25, 0.3) is 16.5 Å². The predicted octanol–water partition coefficient (Wildman–Crippen LogP) is 2.46. The van der Waals surface area contributed by atoms with Crippen molar-refractivity contribution in [1.29, 1.82) is 0 Å². The summed E-state index contributed by atoms with van der Waals surface area (Å²) in [6, 6.07) is 11.4. The first-order chi connectivity index (χ1) is 10.2. The maximum absolute atomic E-state index is 11.6. The van der Waals surface area contributed by atoms with Crippen molar-refractivity contribution in [3.63, 3.8) is 0 Å². The van der Waals surface area contributed by atoms with Crippen LogP contribution in [-0.4, -0.2) is 19.1 Å². The number of dihydropyridines is 1. The molecule has 21 heavy (non-hydrogen) atoms. The Labute approximate surface area is 122 Å². The van der Waals surface area contributed by atoms with Crippen LogP contribution in [0.3, 0.4) is 0 Å². The van der Waals surface area contributed by atoms with Crippen molar-refractivity contribution in [1.82, 2.24) is 5.32 Å². The Kier molecular flexibility index (Phi) is 3.36. The first-order valence-electron chi connectivity index (χ1n) is 6.70. The molecular formula is C17H16N2O2. The summed E-state index contributed by atoms with van der Waals surface area (Å²) in [5, 5.41) is 5.26. The van der Waals surface area contributed by atoms with Gasteiger partial charge in [-0.3, -0.25) is 0 Å². The number of nitrogen functional groups attached to an aromatic ring is 1. The van der Waals surface area contributed by atoms with E-state index >= 15 is 0 Å². The number of rotatable bonds is 2. The number of allylic oxidation sites excluding steroid dienone is 2. The van der Waals surface area contributed by atoms with Gasteiger partial charge in [0.15, 0.2) is 0 Å². The molecule has 3 N–H and O–H groups in total. The van der Waals surface area contributed by atoms with Crippen molar-refractivity contribution >= 4 is 28.1 Å². The van der Waals surface area contributed by atoms with Gasteiger partial charge in [0.25, 0.3) is 0 Å². The number of esters is 1. The van der Waals surface area contributed by atoms with Crippen LogP contribution >= 0.6 is 0 Å². The van der Waals surface area contributed by atoms with E-state index in [1.54, 1.807) is 6.08 Å². The quantitative estimate of drug-likeness (QED) is 0.655. The molecule has 2 aromatic rings. The third kappa shape index (κ3) is 2.48. The van der Waals surface area contributed by atoms with E-state index in [1.807, 2.05) is 48.6 Å². The minimum Gasteiger partial charge on any atom is -0.467 e. The second kappa shape index (κ2) is 5.32. The average Bonchev–Trinajstić information content (AvgIpc) is 2.54. The Bertz CT molecular complexity index is 762. The molecule has 1 atom stereocenters. The number of ether oxygens (including phenoxy) is 1. The molecule has 1 aliphatic rings. The van der Waals surface area contributed by atoms with E-state index in [1.165, 1.54) is 7.11 Å². The molecule has 1 unspecified atom stereocenters. The van der Waals surface area contributed by atoms with Crippen molar-refractivity contribution < 1.29 is 9.53 Å². The number of carbonyl (C=O) groups excluding carboxylic acids is 1. The minimum absolute atomic E-state index is 0.308. The second-order valence-corrected chi connectivity index (χ2v) is 4.89. The molecule has 0 aromatic heterocycles. The number of fused-ring (bicyclic) bond motifs is 1. The van der Waals surface area contributed by atoms with Gasteiger partial charge < -0.3 is 15.8 Å². The molecular weight excluding hydrogens is 264 g/mol. The van der Waals surface area contributed by atoms with Gasteiger partial charge in [0.05, 0.1) is 7.11 Å². The van der Waals surface area contributed by atoms with Crippen LogP contribution in [0.15, 0.2) is 54.6 Å². The van der Waals surface area contributed by atoms with Crippen LogP contribution in [0.2, 0.25) is 0 Å². The average molecular weight is 280 g/mol. The van der Waals surface area contributed by atoms with Gasteiger partial charge in [-0.2, -0.15) is 0 Å². The maximum atomic E-state index is 11.6. The number of methoxy groups -OCH3 is 1. The van der Waals surface area contributed by atoms with Gasteiger partial charge in [0, 0.05) is 16.8 Å². The number of hydrogen-bond donors (Lipinski definition) is 2. The lowest BCUT2D eigenvalue weighted by Crippen LogP contribution is -2.36. The molecule has 2 aromatic carbocycles. The van der Waals surface area contributed by atoms with E-state index in [4.69, 9.17) is 10.5 Å². The highest BCUT2D eigenvalue weighted by molar-refractivity contribution is 5.95. The fourth-order valence-electron chi connectivity index (χ4n) is 2.44. The van der Waals surface area contributed by atoms with E-state index < -0.39 is 6.04 Å². The van der Waals surface area contributed by atoms with Crippen molar-refractivity contribution in [2.45, 2.75) is 6.04 Å². The summed E-state index contributed by atoms with van der Waals surface area (Å²) < 4.78 is 4.76. The standard InChI is InChI=1S/C17H16N2O2/c1-21-17(20)16-7-3-6-15(19-16)12-9-8-11-4-2-5-14(18)13(11)10-12/h2-10,16,19H,18H2,1H3. The Balaban J connectivity index is 1.97. The summed E-state index contributed by atoms with van der Waals surface area (Å²) in [4.78, 5) is 11.6. The summed E-state index contributed by atoms with van der Waals surface area (Å²) in [5.74, 6) is -0.308. The molecule has 0 fully saturated rings. The normalized spacial score (nSPS) is 17.2.